The average molecular weight is 426 g/mol. The summed E-state index contributed by atoms with van der Waals surface area (Å²) in [5, 5.41) is 0. The fourth-order valence-corrected chi connectivity index (χ4v) is 4.12. The average Bonchev–Trinajstić information content (AvgIpc) is 3.02. The van der Waals surface area contributed by atoms with Crippen molar-refractivity contribution in [2.75, 3.05) is 4.43 Å². The Morgan fingerprint density at radius 2 is 1.86 bits per heavy atom. The molecule has 2 nitrogen and oxygen atoms in total. The fraction of sp³-hybridized carbons (Fsp3) is 0.882. The van der Waals surface area contributed by atoms with Gasteiger partial charge in [0.05, 0.1) is 12.2 Å². The molecule has 1 rings (SSSR count). The summed E-state index contributed by atoms with van der Waals surface area (Å²) in [7, 11) is 2.43. The number of rotatable bonds is 6. The van der Waals surface area contributed by atoms with Crippen molar-refractivity contribution in [1.29, 1.82) is 0 Å². The van der Waals surface area contributed by atoms with Gasteiger partial charge in [-0.05, 0) is 23.2 Å². The molecule has 0 saturated carbocycles. The monoisotopic (exact) mass is 426 g/mol. The minimum atomic E-state index is 0.00459. The molecule has 0 N–H and O–H groups in total. The highest BCUT2D eigenvalue weighted by molar-refractivity contribution is 14.1. The van der Waals surface area contributed by atoms with Gasteiger partial charge < -0.3 is 9.26 Å². The molecule has 5 atom stereocenters. The molecule has 1 aliphatic rings. The van der Waals surface area contributed by atoms with Crippen LogP contribution in [0.3, 0.4) is 0 Å². The minimum absolute atomic E-state index is 0.00459. The van der Waals surface area contributed by atoms with E-state index in [-0.39, 0.29) is 22.5 Å². The highest BCUT2D eigenvalue weighted by Gasteiger charge is 2.62. The lowest BCUT2D eigenvalue weighted by molar-refractivity contribution is 0.100. The van der Waals surface area contributed by atoms with Crippen molar-refractivity contribution in [2.45, 2.75) is 72.7 Å². The second kappa shape index (κ2) is 7.15. The van der Waals surface area contributed by atoms with Crippen molar-refractivity contribution in [3.63, 3.8) is 0 Å². The van der Waals surface area contributed by atoms with Crippen molar-refractivity contribution in [2.24, 2.45) is 16.7 Å². The molecule has 21 heavy (non-hydrogen) atoms. The SMILES string of the molecule is C[C@H](C[C@]1(C(C)(C)C)O[C@@H]1CI)[C@H](C=CC(C)(C)C)OP. The Hall–Kier alpha value is 0.820. The third-order valence-electron chi connectivity index (χ3n) is 4.35. The zero-order valence-electron chi connectivity index (χ0n) is 14.6. The molecule has 0 spiro atoms. The lowest BCUT2D eigenvalue weighted by atomic mass is 9.73. The third-order valence-corrected chi connectivity index (χ3v) is 5.47. The number of epoxide rings is 1. The fourth-order valence-electron chi connectivity index (χ4n) is 2.87. The van der Waals surface area contributed by atoms with E-state index < -0.39 is 0 Å². The molecule has 0 amide bonds. The van der Waals surface area contributed by atoms with Crippen LogP contribution in [0.2, 0.25) is 0 Å². The van der Waals surface area contributed by atoms with Gasteiger partial charge in [-0.25, -0.2) is 0 Å². The smallest absolute Gasteiger partial charge is 0.101 e. The number of hydrogen-bond acceptors (Lipinski definition) is 2. The summed E-state index contributed by atoms with van der Waals surface area (Å²) in [6.45, 7) is 15.7. The highest BCUT2D eigenvalue weighted by Crippen LogP contribution is 2.55. The van der Waals surface area contributed by atoms with Gasteiger partial charge in [0.1, 0.15) is 5.60 Å². The lowest BCUT2D eigenvalue weighted by Gasteiger charge is -2.32. The summed E-state index contributed by atoms with van der Waals surface area (Å²) in [4.78, 5) is 0. The molecule has 0 bridgehead atoms. The van der Waals surface area contributed by atoms with E-state index in [0.717, 1.165) is 10.8 Å². The Morgan fingerprint density at radius 1 is 1.29 bits per heavy atom. The van der Waals surface area contributed by atoms with Crippen molar-refractivity contribution in [3.05, 3.63) is 12.2 Å². The first-order valence-corrected chi connectivity index (χ1v) is 9.75. The number of ether oxygens (including phenoxy) is 1. The first-order valence-electron chi connectivity index (χ1n) is 7.75. The van der Waals surface area contributed by atoms with Crippen LogP contribution in [0, 0.1) is 16.7 Å². The van der Waals surface area contributed by atoms with Gasteiger partial charge in [-0.2, -0.15) is 0 Å². The maximum atomic E-state index is 6.13. The van der Waals surface area contributed by atoms with Gasteiger partial charge >= 0.3 is 0 Å². The summed E-state index contributed by atoms with van der Waals surface area (Å²) in [6, 6.07) is 0. The molecule has 0 radical (unpaired) electrons. The molecule has 4 heteroatoms. The Kier molecular flexibility index (Phi) is 6.76. The van der Waals surface area contributed by atoms with E-state index in [1.54, 1.807) is 0 Å². The van der Waals surface area contributed by atoms with E-state index in [1.807, 2.05) is 0 Å². The molecule has 124 valence electrons. The second-order valence-corrected chi connectivity index (χ2v) is 9.56. The Morgan fingerprint density at radius 3 is 2.19 bits per heavy atom. The predicted octanol–water partition coefficient (Wildman–Crippen LogP) is 5.41. The van der Waals surface area contributed by atoms with Gasteiger partial charge in [0, 0.05) is 13.9 Å². The van der Waals surface area contributed by atoms with Gasteiger partial charge in [0.2, 0.25) is 0 Å². The Balaban J connectivity index is 2.78. The topological polar surface area (TPSA) is 21.8 Å². The van der Waals surface area contributed by atoms with Crippen LogP contribution >= 0.6 is 32.1 Å². The molecular weight excluding hydrogens is 394 g/mol. The molecule has 1 unspecified atom stereocenters. The predicted molar refractivity (Wildman–Crippen MR) is 103 cm³/mol. The van der Waals surface area contributed by atoms with E-state index in [2.05, 4.69) is 92.7 Å². The van der Waals surface area contributed by atoms with Crippen LogP contribution in [0.5, 0.6) is 0 Å². The van der Waals surface area contributed by atoms with Gasteiger partial charge in [0.25, 0.3) is 0 Å². The third kappa shape index (κ3) is 5.16. The number of halogens is 1. The molecular formula is C17H32IO2P. The molecule has 0 aromatic heterocycles. The van der Waals surface area contributed by atoms with Crippen molar-refractivity contribution < 1.29 is 9.26 Å². The molecule has 1 fully saturated rings. The van der Waals surface area contributed by atoms with Crippen molar-refractivity contribution in [3.8, 4) is 0 Å². The van der Waals surface area contributed by atoms with Crippen molar-refractivity contribution in [1.82, 2.24) is 0 Å². The molecule has 0 aromatic carbocycles. The Bertz CT molecular complexity index is 370. The summed E-state index contributed by atoms with van der Waals surface area (Å²) < 4.78 is 12.8. The molecule has 1 heterocycles. The van der Waals surface area contributed by atoms with Crippen LogP contribution in [0.1, 0.15) is 54.9 Å². The summed E-state index contributed by atoms with van der Waals surface area (Å²) in [5.41, 5.74) is 0.352. The van der Waals surface area contributed by atoms with Crippen LogP contribution in [0.4, 0.5) is 0 Å². The molecule has 1 saturated heterocycles. The van der Waals surface area contributed by atoms with Gasteiger partial charge in [-0.3, -0.25) is 0 Å². The quantitative estimate of drug-likeness (QED) is 0.186. The van der Waals surface area contributed by atoms with Gasteiger partial charge in [-0.1, -0.05) is 83.2 Å². The number of alkyl halides is 1. The summed E-state index contributed by atoms with van der Waals surface area (Å²) in [6.07, 6.45) is 5.99. The van der Waals surface area contributed by atoms with Crippen LogP contribution in [0.25, 0.3) is 0 Å². The van der Waals surface area contributed by atoms with E-state index in [9.17, 15) is 0 Å². The number of hydrogen-bond donors (Lipinski definition) is 0. The molecule has 1 aliphatic heterocycles. The summed E-state index contributed by atoms with van der Waals surface area (Å²) in [5.74, 6) is 0.424. The second-order valence-electron chi connectivity index (χ2n) is 8.41. The van der Waals surface area contributed by atoms with Crippen molar-refractivity contribution >= 4 is 32.1 Å². The van der Waals surface area contributed by atoms with E-state index in [0.29, 0.717) is 12.0 Å². The lowest BCUT2D eigenvalue weighted by Crippen LogP contribution is -2.37. The van der Waals surface area contributed by atoms with E-state index in [1.165, 1.54) is 0 Å². The largest absolute Gasteiger partial charge is 0.365 e. The molecule has 0 aromatic rings. The van der Waals surface area contributed by atoms with Gasteiger partial charge in [-0.15, -0.1) is 0 Å². The van der Waals surface area contributed by atoms with Crippen LogP contribution < -0.4 is 0 Å². The Labute approximate surface area is 147 Å². The standard InChI is InChI=1S/C17H32IO2P/c1-12(13(20-21)8-9-15(2,3)4)10-17(16(5,6)7)14(11-18)19-17/h8-9,12-14H,10-11,21H2,1-7H3/t12-,13+,14-,17+/m1/s1. The highest BCUT2D eigenvalue weighted by atomic mass is 127. The van der Waals surface area contributed by atoms with Crippen LogP contribution in [-0.4, -0.2) is 22.2 Å². The van der Waals surface area contributed by atoms with Crippen LogP contribution in [-0.2, 0) is 9.26 Å². The first-order chi connectivity index (χ1) is 9.47. The zero-order chi connectivity index (χ0) is 16.5. The normalized spacial score (nSPS) is 29.7. The van der Waals surface area contributed by atoms with Gasteiger partial charge in [0.15, 0.2) is 0 Å². The first kappa shape index (κ1) is 19.9. The maximum absolute atomic E-state index is 6.13. The maximum Gasteiger partial charge on any atom is 0.101 e. The zero-order valence-corrected chi connectivity index (χ0v) is 17.9. The van der Waals surface area contributed by atoms with Crippen LogP contribution in [0.15, 0.2) is 12.2 Å². The number of allylic oxidation sites excluding steroid dienone is 1. The molecule has 0 aliphatic carbocycles. The van der Waals surface area contributed by atoms with E-state index in [4.69, 9.17) is 9.26 Å². The summed E-state index contributed by atoms with van der Waals surface area (Å²) >= 11 is 2.43. The van der Waals surface area contributed by atoms with E-state index >= 15 is 0 Å². The minimum Gasteiger partial charge on any atom is -0.365 e.